The Kier molecular flexibility index (Phi) is 2.60. The molecule has 0 saturated heterocycles. The first-order valence-electron chi connectivity index (χ1n) is 5.10. The van der Waals surface area contributed by atoms with E-state index in [0.717, 1.165) is 17.7 Å². The number of fused-ring (bicyclic) bond motifs is 1. The third-order valence-corrected chi connectivity index (χ3v) is 2.23. The van der Waals surface area contributed by atoms with Gasteiger partial charge in [-0.05, 0) is 25.1 Å². The van der Waals surface area contributed by atoms with Crippen molar-refractivity contribution >= 4 is 16.6 Å². The number of hydrogen-bond donors (Lipinski definition) is 1. The summed E-state index contributed by atoms with van der Waals surface area (Å²) in [6, 6.07) is 6.20. The van der Waals surface area contributed by atoms with Gasteiger partial charge in [0.15, 0.2) is 0 Å². The molecule has 0 aliphatic carbocycles. The maximum Gasteiger partial charge on any atom is 0.0944 e. The van der Waals surface area contributed by atoms with Crippen LogP contribution in [0.1, 0.15) is 6.92 Å². The van der Waals surface area contributed by atoms with E-state index in [2.05, 4.69) is 41.8 Å². The molecule has 1 aromatic heterocycles. The van der Waals surface area contributed by atoms with Gasteiger partial charge in [-0.3, -0.25) is 4.68 Å². The highest BCUT2D eigenvalue weighted by atomic mass is 15.5. The number of nitrogens with one attached hydrogen (secondary N) is 1. The van der Waals surface area contributed by atoms with E-state index in [0.29, 0.717) is 0 Å². The summed E-state index contributed by atoms with van der Waals surface area (Å²) < 4.78 is 1.95. The normalized spacial score (nSPS) is 11.2. The lowest BCUT2D eigenvalue weighted by atomic mass is 10.2. The molecule has 0 radical (unpaired) electrons. The molecule has 80 valence electrons. The van der Waals surface area contributed by atoms with Crippen LogP contribution < -0.4 is 5.43 Å². The maximum atomic E-state index is 4.46. The number of anilines is 1. The summed E-state index contributed by atoms with van der Waals surface area (Å²) in [4.78, 5) is 0. The second-order valence-corrected chi connectivity index (χ2v) is 3.76. The standard InChI is InChI=1S/C11H16N4/c1-4-15-8-9-5-6-10(12-14(2)3)7-11(9)13-15/h5-8,12H,4H2,1-3H3. The molecular formula is C11H16N4. The highest BCUT2D eigenvalue weighted by molar-refractivity contribution is 5.81. The molecule has 0 unspecified atom stereocenters. The Balaban J connectivity index is 2.37. The number of aromatic nitrogens is 2. The van der Waals surface area contributed by atoms with Crippen LogP contribution in [0.25, 0.3) is 10.9 Å². The smallest absolute Gasteiger partial charge is 0.0944 e. The summed E-state index contributed by atoms with van der Waals surface area (Å²) in [6.45, 7) is 3.00. The average Bonchev–Trinajstić information content (AvgIpc) is 2.58. The quantitative estimate of drug-likeness (QED) is 0.776. The highest BCUT2D eigenvalue weighted by Crippen LogP contribution is 2.17. The predicted molar refractivity (Wildman–Crippen MR) is 62.7 cm³/mol. The number of aryl methyl sites for hydroxylation is 1. The van der Waals surface area contributed by atoms with Crippen LogP contribution in [0.15, 0.2) is 24.4 Å². The van der Waals surface area contributed by atoms with E-state index in [-0.39, 0.29) is 0 Å². The van der Waals surface area contributed by atoms with Gasteiger partial charge in [-0.25, -0.2) is 5.01 Å². The number of nitrogens with zero attached hydrogens (tertiary/aromatic N) is 3. The molecule has 0 bridgehead atoms. The van der Waals surface area contributed by atoms with Gasteiger partial charge in [0.05, 0.1) is 11.2 Å². The summed E-state index contributed by atoms with van der Waals surface area (Å²) in [5.41, 5.74) is 5.30. The Labute approximate surface area is 89.5 Å². The molecule has 2 aromatic rings. The zero-order valence-corrected chi connectivity index (χ0v) is 9.36. The monoisotopic (exact) mass is 204 g/mol. The second kappa shape index (κ2) is 3.90. The first kappa shape index (κ1) is 9.98. The van der Waals surface area contributed by atoms with Crippen LogP contribution >= 0.6 is 0 Å². The van der Waals surface area contributed by atoms with E-state index in [4.69, 9.17) is 0 Å². The highest BCUT2D eigenvalue weighted by Gasteiger charge is 2.01. The molecule has 4 heteroatoms. The SMILES string of the molecule is CCn1cc2ccc(NN(C)C)cc2n1. The fourth-order valence-electron chi connectivity index (χ4n) is 1.56. The Morgan fingerprint density at radius 2 is 2.20 bits per heavy atom. The summed E-state index contributed by atoms with van der Waals surface area (Å²) in [7, 11) is 3.93. The molecule has 0 aliphatic heterocycles. The zero-order chi connectivity index (χ0) is 10.8. The summed E-state index contributed by atoms with van der Waals surface area (Å²) in [5, 5.41) is 7.55. The van der Waals surface area contributed by atoms with Crippen LogP contribution in [0.4, 0.5) is 5.69 Å². The molecule has 0 fully saturated rings. The third-order valence-electron chi connectivity index (χ3n) is 2.23. The van der Waals surface area contributed by atoms with Crippen LogP contribution in [0.3, 0.4) is 0 Å². The molecule has 0 saturated carbocycles. The largest absolute Gasteiger partial charge is 0.319 e. The molecule has 0 atom stereocenters. The average molecular weight is 204 g/mol. The van der Waals surface area contributed by atoms with Crippen molar-refractivity contribution in [3.63, 3.8) is 0 Å². The van der Waals surface area contributed by atoms with Crippen LogP contribution in [0.5, 0.6) is 0 Å². The summed E-state index contributed by atoms with van der Waals surface area (Å²) >= 11 is 0. The number of benzene rings is 1. The molecule has 0 spiro atoms. The van der Waals surface area contributed by atoms with Crippen molar-refractivity contribution in [3.05, 3.63) is 24.4 Å². The van der Waals surface area contributed by atoms with Gasteiger partial charge in [-0.1, -0.05) is 0 Å². The summed E-state index contributed by atoms with van der Waals surface area (Å²) in [6.07, 6.45) is 2.06. The van der Waals surface area contributed by atoms with Gasteiger partial charge in [0.2, 0.25) is 0 Å². The van der Waals surface area contributed by atoms with Gasteiger partial charge < -0.3 is 5.43 Å². The maximum absolute atomic E-state index is 4.46. The van der Waals surface area contributed by atoms with Crippen molar-refractivity contribution in [2.75, 3.05) is 19.5 Å². The van der Waals surface area contributed by atoms with E-state index in [1.54, 1.807) is 0 Å². The molecule has 1 N–H and O–H groups in total. The van der Waals surface area contributed by atoms with Crippen molar-refractivity contribution in [2.24, 2.45) is 0 Å². The van der Waals surface area contributed by atoms with E-state index >= 15 is 0 Å². The third kappa shape index (κ3) is 2.10. The fraction of sp³-hybridized carbons (Fsp3) is 0.364. The van der Waals surface area contributed by atoms with Crippen LogP contribution in [-0.4, -0.2) is 28.9 Å². The van der Waals surface area contributed by atoms with Crippen molar-refractivity contribution in [2.45, 2.75) is 13.5 Å². The lowest BCUT2D eigenvalue weighted by Crippen LogP contribution is -2.19. The lowest BCUT2D eigenvalue weighted by Gasteiger charge is -2.12. The molecule has 1 heterocycles. The minimum absolute atomic E-state index is 0.908. The van der Waals surface area contributed by atoms with E-state index in [1.165, 1.54) is 5.39 Å². The Hall–Kier alpha value is -1.55. The number of rotatable bonds is 3. The lowest BCUT2D eigenvalue weighted by molar-refractivity contribution is 0.495. The molecule has 1 aromatic carbocycles. The van der Waals surface area contributed by atoms with Gasteiger partial charge in [0.25, 0.3) is 0 Å². The van der Waals surface area contributed by atoms with Gasteiger partial charge in [0.1, 0.15) is 0 Å². The van der Waals surface area contributed by atoms with Crippen molar-refractivity contribution in [1.82, 2.24) is 14.8 Å². The van der Waals surface area contributed by atoms with Crippen LogP contribution in [0, 0.1) is 0 Å². The summed E-state index contributed by atoms with van der Waals surface area (Å²) in [5.74, 6) is 0. The Bertz CT molecular complexity index is 459. The zero-order valence-electron chi connectivity index (χ0n) is 9.36. The second-order valence-electron chi connectivity index (χ2n) is 3.76. The van der Waals surface area contributed by atoms with Gasteiger partial charge in [0, 0.05) is 32.2 Å². The Morgan fingerprint density at radius 1 is 1.40 bits per heavy atom. The van der Waals surface area contributed by atoms with Gasteiger partial charge >= 0.3 is 0 Å². The van der Waals surface area contributed by atoms with Crippen LogP contribution in [0.2, 0.25) is 0 Å². The van der Waals surface area contributed by atoms with Crippen molar-refractivity contribution < 1.29 is 0 Å². The van der Waals surface area contributed by atoms with E-state index < -0.39 is 0 Å². The topological polar surface area (TPSA) is 33.1 Å². The predicted octanol–water partition coefficient (Wildman–Crippen LogP) is 1.94. The van der Waals surface area contributed by atoms with Crippen molar-refractivity contribution in [1.29, 1.82) is 0 Å². The first-order valence-corrected chi connectivity index (χ1v) is 5.10. The van der Waals surface area contributed by atoms with E-state index in [1.807, 2.05) is 23.8 Å². The van der Waals surface area contributed by atoms with Crippen LogP contribution in [-0.2, 0) is 6.54 Å². The molecule has 0 aliphatic rings. The molecule has 4 nitrogen and oxygen atoms in total. The van der Waals surface area contributed by atoms with E-state index in [9.17, 15) is 0 Å². The minimum Gasteiger partial charge on any atom is -0.319 e. The Morgan fingerprint density at radius 3 is 2.87 bits per heavy atom. The molecule has 0 amide bonds. The van der Waals surface area contributed by atoms with Gasteiger partial charge in [-0.2, -0.15) is 5.10 Å². The molecule has 2 rings (SSSR count). The molecule has 15 heavy (non-hydrogen) atoms. The molecular weight excluding hydrogens is 188 g/mol. The van der Waals surface area contributed by atoms with Crippen molar-refractivity contribution in [3.8, 4) is 0 Å². The minimum atomic E-state index is 0.908. The van der Waals surface area contributed by atoms with Gasteiger partial charge in [-0.15, -0.1) is 0 Å². The number of hydrogen-bond acceptors (Lipinski definition) is 3. The first-order chi connectivity index (χ1) is 7.19. The number of hydrazine groups is 1. The fourth-order valence-corrected chi connectivity index (χ4v) is 1.56.